The highest BCUT2D eigenvalue weighted by molar-refractivity contribution is 5.95. The number of hydrogen-bond acceptors (Lipinski definition) is 7. The molecule has 1 aliphatic rings. The van der Waals surface area contributed by atoms with E-state index in [4.69, 9.17) is 0 Å². The number of amides is 1. The van der Waals surface area contributed by atoms with Crippen molar-refractivity contribution in [3.05, 3.63) is 104 Å². The third kappa shape index (κ3) is 5.69. The van der Waals surface area contributed by atoms with Crippen molar-refractivity contribution in [2.45, 2.75) is 6.54 Å². The summed E-state index contributed by atoms with van der Waals surface area (Å²) in [5.74, 6) is -0.896. The number of carbonyl (C=O) groups excluding carboxylic acids is 1. The van der Waals surface area contributed by atoms with Crippen molar-refractivity contribution in [2.75, 3.05) is 36.0 Å². The molecule has 35 heavy (non-hydrogen) atoms. The zero-order valence-corrected chi connectivity index (χ0v) is 18.6. The molecule has 1 N–H and O–H groups in total. The fraction of sp³-hybridized carbons (Fsp3) is 0.208. The van der Waals surface area contributed by atoms with E-state index in [0.29, 0.717) is 0 Å². The topological polar surface area (TPSA) is 122 Å². The van der Waals surface area contributed by atoms with Crippen molar-refractivity contribution in [2.24, 2.45) is 0 Å². The van der Waals surface area contributed by atoms with Crippen LogP contribution in [0.15, 0.2) is 66.7 Å². The number of piperazine rings is 1. The van der Waals surface area contributed by atoms with E-state index in [9.17, 15) is 29.4 Å². The van der Waals surface area contributed by atoms with Crippen LogP contribution in [0.3, 0.4) is 0 Å². The summed E-state index contributed by atoms with van der Waals surface area (Å²) in [6.07, 6.45) is 0. The van der Waals surface area contributed by atoms with Crippen LogP contribution in [0.25, 0.3) is 0 Å². The Bertz CT molecular complexity index is 1210. The number of rotatable bonds is 7. The van der Waals surface area contributed by atoms with Gasteiger partial charge in [-0.3, -0.25) is 25.0 Å². The average Bonchev–Trinajstić information content (AvgIpc) is 2.88. The van der Waals surface area contributed by atoms with Crippen LogP contribution in [0.5, 0.6) is 0 Å². The predicted molar refractivity (Wildman–Crippen MR) is 128 cm³/mol. The molecule has 11 heteroatoms. The lowest BCUT2D eigenvalue weighted by atomic mass is 10.1. The number of nitrogens with zero attached hydrogens (tertiary/aromatic N) is 4. The van der Waals surface area contributed by atoms with Gasteiger partial charge in [-0.2, -0.15) is 0 Å². The second-order valence-corrected chi connectivity index (χ2v) is 8.05. The van der Waals surface area contributed by atoms with Gasteiger partial charge in [0.25, 0.3) is 17.3 Å². The molecule has 3 aromatic carbocycles. The van der Waals surface area contributed by atoms with Gasteiger partial charge < -0.3 is 15.1 Å². The van der Waals surface area contributed by atoms with E-state index in [1.54, 1.807) is 12.1 Å². The Kier molecular flexibility index (Phi) is 6.86. The zero-order valence-electron chi connectivity index (χ0n) is 18.6. The Morgan fingerprint density at radius 2 is 1.26 bits per heavy atom. The Balaban J connectivity index is 1.34. The fourth-order valence-electron chi connectivity index (χ4n) is 3.92. The van der Waals surface area contributed by atoms with Gasteiger partial charge in [-0.15, -0.1) is 0 Å². The van der Waals surface area contributed by atoms with Gasteiger partial charge in [-0.25, -0.2) is 4.39 Å². The molecule has 1 amide bonds. The number of hydrogen-bond donors (Lipinski definition) is 1. The molecule has 180 valence electrons. The highest BCUT2D eigenvalue weighted by Crippen LogP contribution is 2.24. The van der Waals surface area contributed by atoms with Crippen molar-refractivity contribution in [3.8, 4) is 0 Å². The van der Waals surface area contributed by atoms with Crippen LogP contribution in [0.1, 0.15) is 15.9 Å². The number of halogens is 1. The quantitative estimate of drug-likeness (QED) is 0.403. The van der Waals surface area contributed by atoms with Crippen molar-refractivity contribution >= 4 is 28.7 Å². The molecule has 1 aliphatic heterocycles. The van der Waals surface area contributed by atoms with E-state index < -0.39 is 27.1 Å². The number of nitro benzene ring substituents is 2. The molecule has 0 bridgehead atoms. The molecule has 0 unspecified atom stereocenters. The van der Waals surface area contributed by atoms with Gasteiger partial charge in [-0.05, 0) is 42.0 Å². The monoisotopic (exact) mass is 479 g/mol. The molecule has 1 saturated heterocycles. The van der Waals surface area contributed by atoms with Crippen LogP contribution < -0.4 is 15.1 Å². The molecular weight excluding hydrogens is 457 g/mol. The predicted octanol–water partition coefficient (Wildman–Crippen LogP) is 3.90. The van der Waals surface area contributed by atoms with Crippen LogP contribution in [-0.4, -0.2) is 41.9 Å². The van der Waals surface area contributed by atoms with Gasteiger partial charge >= 0.3 is 0 Å². The molecular formula is C24H22FN5O5. The van der Waals surface area contributed by atoms with Gasteiger partial charge in [0.1, 0.15) is 5.82 Å². The number of anilines is 2. The number of benzene rings is 3. The standard InChI is InChI=1S/C24H22FN5O5/c25-19-3-7-21(8-4-19)28-11-9-27(10-12-28)20-5-1-17(2-6-20)16-26-24(31)18-13-22(29(32)33)15-23(14-18)30(34)35/h1-8,13-15H,9-12,16H2,(H,26,31). The van der Waals surface area contributed by atoms with E-state index in [1.165, 1.54) is 12.1 Å². The lowest BCUT2D eigenvalue weighted by molar-refractivity contribution is -0.394. The van der Waals surface area contributed by atoms with Gasteiger partial charge in [0.15, 0.2) is 0 Å². The van der Waals surface area contributed by atoms with E-state index in [-0.39, 0.29) is 17.9 Å². The summed E-state index contributed by atoms with van der Waals surface area (Å²) in [5.41, 5.74) is 1.65. The summed E-state index contributed by atoms with van der Waals surface area (Å²) < 4.78 is 13.1. The number of nitrogens with one attached hydrogen (secondary N) is 1. The Morgan fingerprint density at radius 1 is 0.800 bits per heavy atom. The highest BCUT2D eigenvalue weighted by atomic mass is 19.1. The van der Waals surface area contributed by atoms with E-state index in [0.717, 1.165) is 61.3 Å². The molecule has 0 spiro atoms. The minimum absolute atomic E-state index is 0.151. The first kappa shape index (κ1) is 23.6. The maximum Gasteiger partial charge on any atom is 0.277 e. The van der Waals surface area contributed by atoms with Crippen LogP contribution in [0, 0.1) is 26.0 Å². The fourth-order valence-corrected chi connectivity index (χ4v) is 3.92. The first-order chi connectivity index (χ1) is 16.8. The maximum atomic E-state index is 13.1. The smallest absolute Gasteiger partial charge is 0.277 e. The molecule has 0 radical (unpaired) electrons. The van der Waals surface area contributed by atoms with Crippen LogP contribution in [0.2, 0.25) is 0 Å². The summed E-state index contributed by atoms with van der Waals surface area (Å²) in [7, 11) is 0. The minimum Gasteiger partial charge on any atom is -0.368 e. The molecule has 10 nitrogen and oxygen atoms in total. The van der Waals surface area contributed by atoms with Crippen molar-refractivity contribution in [1.29, 1.82) is 0 Å². The first-order valence-electron chi connectivity index (χ1n) is 10.9. The second kappa shape index (κ2) is 10.2. The summed E-state index contributed by atoms with van der Waals surface area (Å²) in [6, 6.07) is 17.0. The summed E-state index contributed by atoms with van der Waals surface area (Å²) in [4.78, 5) is 37.4. The molecule has 0 saturated carbocycles. The maximum absolute atomic E-state index is 13.1. The Labute approximate surface area is 199 Å². The third-order valence-corrected chi connectivity index (χ3v) is 5.81. The lowest BCUT2D eigenvalue weighted by Crippen LogP contribution is -2.46. The van der Waals surface area contributed by atoms with Gasteiger partial charge in [0.05, 0.1) is 21.5 Å². The van der Waals surface area contributed by atoms with Gasteiger partial charge in [-0.1, -0.05) is 12.1 Å². The number of carbonyl (C=O) groups is 1. The summed E-state index contributed by atoms with van der Waals surface area (Å²) in [6.45, 7) is 3.38. The number of non-ortho nitro benzene ring substituents is 2. The van der Waals surface area contributed by atoms with Crippen LogP contribution in [-0.2, 0) is 6.54 Å². The Hall–Kier alpha value is -4.54. The Morgan fingerprint density at radius 3 is 1.71 bits per heavy atom. The second-order valence-electron chi connectivity index (χ2n) is 8.05. The highest BCUT2D eigenvalue weighted by Gasteiger charge is 2.20. The lowest BCUT2D eigenvalue weighted by Gasteiger charge is -2.37. The first-order valence-corrected chi connectivity index (χ1v) is 10.9. The van der Waals surface area contributed by atoms with E-state index >= 15 is 0 Å². The van der Waals surface area contributed by atoms with Crippen molar-refractivity contribution < 1.29 is 19.0 Å². The van der Waals surface area contributed by atoms with Crippen LogP contribution in [0.4, 0.5) is 27.1 Å². The zero-order chi connectivity index (χ0) is 24.9. The minimum atomic E-state index is -0.776. The molecule has 1 fully saturated rings. The molecule has 0 aromatic heterocycles. The van der Waals surface area contributed by atoms with Crippen molar-refractivity contribution in [3.63, 3.8) is 0 Å². The molecule has 3 aromatic rings. The summed E-state index contributed by atoms with van der Waals surface area (Å²) >= 11 is 0. The summed E-state index contributed by atoms with van der Waals surface area (Å²) in [5, 5.41) is 24.7. The van der Waals surface area contributed by atoms with Gasteiger partial charge in [0.2, 0.25) is 0 Å². The van der Waals surface area contributed by atoms with Gasteiger partial charge in [0, 0.05) is 56.2 Å². The molecule has 4 rings (SSSR count). The third-order valence-electron chi connectivity index (χ3n) is 5.81. The van der Waals surface area contributed by atoms with E-state index in [1.807, 2.05) is 24.3 Å². The number of nitro groups is 2. The molecule has 0 aliphatic carbocycles. The molecule has 0 atom stereocenters. The SMILES string of the molecule is O=C(NCc1ccc(N2CCN(c3ccc(F)cc3)CC2)cc1)c1cc([N+](=O)[O-])cc([N+](=O)[O-])c1. The van der Waals surface area contributed by atoms with E-state index in [2.05, 4.69) is 15.1 Å². The molecule has 1 heterocycles. The normalized spacial score (nSPS) is 13.4. The average molecular weight is 479 g/mol. The van der Waals surface area contributed by atoms with Crippen molar-refractivity contribution in [1.82, 2.24) is 5.32 Å². The van der Waals surface area contributed by atoms with Crippen LogP contribution >= 0.6 is 0 Å². The largest absolute Gasteiger partial charge is 0.368 e.